The van der Waals surface area contributed by atoms with Gasteiger partial charge in [-0.15, -0.1) is 5.10 Å². The maximum atomic E-state index is 12.2. The topological polar surface area (TPSA) is 104 Å². The van der Waals surface area contributed by atoms with Gasteiger partial charge < -0.3 is 10.1 Å². The summed E-state index contributed by atoms with van der Waals surface area (Å²) in [6.45, 7) is 6.85. The van der Waals surface area contributed by atoms with Crippen LogP contribution in [0.4, 0.5) is 11.6 Å². The van der Waals surface area contributed by atoms with Crippen molar-refractivity contribution in [2.75, 3.05) is 30.0 Å². The molecule has 8 heteroatoms. The highest BCUT2D eigenvalue weighted by atomic mass is 16.5. The van der Waals surface area contributed by atoms with Crippen molar-refractivity contribution in [1.29, 1.82) is 5.26 Å². The summed E-state index contributed by atoms with van der Waals surface area (Å²) in [5.41, 5.74) is 3.37. The minimum atomic E-state index is -0.112. The number of nitriles is 1. The molecule has 8 nitrogen and oxygen atoms in total. The van der Waals surface area contributed by atoms with E-state index in [9.17, 15) is 10.1 Å². The minimum Gasteiger partial charge on any atom is -0.370 e. The standard InChI is InChI=1S/C22H22N6O2/c1-13-16(10-23)5-4-6-17(13)14(2)25-22-18-9-20(28-7-8-30-12-21(28)29)24-11-19(18)15(3)26-27-22/h4-6,9,11,14H,7-8,12H2,1-3H3,(H,25,27)/t14-/m1/s1. The number of nitrogens with zero attached hydrogens (tertiary/aromatic N) is 5. The smallest absolute Gasteiger partial charge is 0.254 e. The number of rotatable bonds is 4. The Morgan fingerprint density at radius 2 is 2.10 bits per heavy atom. The van der Waals surface area contributed by atoms with Gasteiger partial charge in [0.2, 0.25) is 0 Å². The third-order valence-electron chi connectivity index (χ3n) is 5.41. The average molecular weight is 402 g/mol. The molecule has 1 aliphatic rings. The number of nitrogens with one attached hydrogen (secondary N) is 1. The second-order valence-electron chi connectivity index (χ2n) is 7.32. The molecule has 2 aromatic heterocycles. The Hall–Kier alpha value is -3.57. The number of aryl methyl sites for hydroxylation is 1. The molecule has 0 saturated carbocycles. The lowest BCUT2D eigenvalue weighted by Gasteiger charge is -2.26. The molecule has 0 spiro atoms. The molecule has 1 saturated heterocycles. The maximum absolute atomic E-state index is 12.2. The zero-order chi connectivity index (χ0) is 21.3. The van der Waals surface area contributed by atoms with E-state index in [4.69, 9.17) is 4.74 Å². The minimum absolute atomic E-state index is 0.0595. The number of benzene rings is 1. The Morgan fingerprint density at radius 1 is 1.27 bits per heavy atom. The molecule has 1 fully saturated rings. The molecule has 30 heavy (non-hydrogen) atoms. The lowest BCUT2D eigenvalue weighted by atomic mass is 9.98. The van der Waals surface area contributed by atoms with E-state index < -0.39 is 0 Å². The van der Waals surface area contributed by atoms with Crippen LogP contribution in [0.25, 0.3) is 10.8 Å². The number of carbonyl (C=O) groups excluding carboxylic acids is 1. The molecule has 3 heterocycles. The summed E-state index contributed by atoms with van der Waals surface area (Å²) in [6.07, 6.45) is 1.73. The van der Waals surface area contributed by atoms with Crippen LogP contribution in [-0.4, -0.2) is 40.8 Å². The number of ether oxygens (including phenoxy) is 1. The average Bonchev–Trinajstić information content (AvgIpc) is 2.76. The molecule has 0 aliphatic carbocycles. The van der Waals surface area contributed by atoms with Gasteiger partial charge in [-0.05, 0) is 44.0 Å². The van der Waals surface area contributed by atoms with Crippen molar-refractivity contribution >= 4 is 28.3 Å². The van der Waals surface area contributed by atoms with Crippen LogP contribution in [0.15, 0.2) is 30.5 Å². The summed E-state index contributed by atoms with van der Waals surface area (Å²) in [5, 5.41) is 23.1. The zero-order valence-electron chi connectivity index (χ0n) is 17.1. The fraction of sp³-hybridized carbons (Fsp3) is 0.318. The maximum Gasteiger partial charge on any atom is 0.254 e. The summed E-state index contributed by atoms with van der Waals surface area (Å²) in [7, 11) is 0. The molecule has 0 unspecified atom stereocenters. The second-order valence-corrected chi connectivity index (χ2v) is 7.32. The van der Waals surface area contributed by atoms with Crippen molar-refractivity contribution in [2.24, 2.45) is 0 Å². The molecule has 1 atom stereocenters. The van der Waals surface area contributed by atoms with Crippen LogP contribution in [0.1, 0.15) is 35.3 Å². The van der Waals surface area contributed by atoms with Crippen LogP contribution in [0.2, 0.25) is 0 Å². The monoisotopic (exact) mass is 402 g/mol. The van der Waals surface area contributed by atoms with E-state index >= 15 is 0 Å². The number of pyridine rings is 1. The summed E-state index contributed by atoms with van der Waals surface area (Å²) >= 11 is 0. The summed E-state index contributed by atoms with van der Waals surface area (Å²) in [5.74, 6) is 1.06. The number of anilines is 2. The molecular formula is C22H22N6O2. The molecule has 1 aliphatic heterocycles. The Bertz CT molecular complexity index is 1170. The molecule has 0 bridgehead atoms. The molecule has 4 rings (SSSR count). The van der Waals surface area contributed by atoms with Gasteiger partial charge in [-0.25, -0.2) is 4.98 Å². The predicted octanol–water partition coefficient (Wildman–Crippen LogP) is 3.05. The first-order valence-electron chi connectivity index (χ1n) is 9.77. The Labute approximate surface area is 174 Å². The SMILES string of the molecule is Cc1c(C#N)cccc1[C@@H](C)Nc1nnc(C)c2cnc(N3CCOCC3=O)cc12. The van der Waals surface area contributed by atoms with E-state index in [1.807, 2.05) is 45.0 Å². The number of hydrogen-bond donors (Lipinski definition) is 1. The number of fused-ring (bicyclic) bond motifs is 1. The van der Waals surface area contributed by atoms with Crippen LogP contribution in [0, 0.1) is 25.2 Å². The van der Waals surface area contributed by atoms with Crippen molar-refractivity contribution in [1.82, 2.24) is 15.2 Å². The lowest BCUT2D eigenvalue weighted by Crippen LogP contribution is -2.42. The molecule has 1 N–H and O–H groups in total. The summed E-state index contributed by atoms with van der Waals surface area (Å²) in [4.78, 5) is 18.3. The third-order valence-corrected chi connectivity index (χ3v) is 5.41. The van der Waals surface area contributed by atoms with E-state index in [1.165, 1.54) is 0 Å². The highest BCUT2D eigenvalue weighted by Gasteiger charge is 2.22. The number of amides is 1. The van der Waals surface area contributed by atoms with Gasteiger partial charge in [0.05, 0.1) is 36.5 Å². The first-order valence-corrected chi connectivity index (χ1v) is 9.77. The molecule has 1 amide bonds. The van der Waals surface area contributed by atoms with Crippen molar-refractivity contribution in [3.05, 3.63) is 52.8 Å². The number of hydrogen-bond acceptors (Lipinski definition) is 7. The van der Waals surface area contributed by atoms with Crippen molar-refractivity contribution < 1.29 is 9.53 Å². The van der Waals surface area contributed by atoms with Crippen LogP contribution in [0.3, 0.4) is 0 Å². The van der Waals surface area contributed by atoms with E-state index in [0.717, 1.165) is 27.6 Å². The zero-order valence-corrected chi connectivity index (χ0v) is 17.1. The molecule has 1 aromatic carbocycles. The largest absolute Gasteiger partial charge is 0.370 e. The van der Waals surface area contributed by atoms with Crippen LogP contribution in [-0.2, 0) is 9.53 Å². The van der Waals surface area contributed by atoms with E-state index in [-0.39, 0.29) is 18.6 Å². The second kappa shape index (κ2) is 8.05. The van der Waals surface area contributed by atoms with Gasteiger partial charge >= 0.3 is 0 Å². The highest BCUT2D eigenvalue weighted by molar-refractivity contribution is 5.99. The van der Waals surface area contributed by atoms with Crippen molar-refractivity contribution in [2.45, 2.75) is 26.8 Å². The highest BCUT2D eigenvalue weighted by Crippen LogP contribution is 2.30. The molecule has 152 valence electrons. The van der Waals surface area contributed by atoms with Gasteiger partial charge in [0.25, 0.3) is 5.91 Å². The Balaban J connectivity index is 1.73. The van der Waals surface area contributed by atoms with Crippen molar-refractivity contribution in [3.63, 3.8) is 0 Å². The van der Waals surface area contributed by atoms with Crippen LogP contribution in [0.5, 0.6) is 0 Å². The van der Waals surface area contributed by atoms with Gasteiger partial charge in [-0.2, -0.15) is 10.4 Å². The summed E-state index contributed by atoms with van der Waals surface area (Å²) in [6, 6.07) is 9.69. The number of aromatic nitrogens is 3. The molecular weight excluding hydrogens is 380 g/mol. The van der Waals surface area contributed by atoms with Crippen molar-refractivity contribution in [3.8, 4) is 6.07 Å². The number of carbonyl (C=O) groups is 1. The molecule has 3 aromatic rings. The first-order chi connectivity index (χ1) is 14.5. The third kappa shape index (κ3) is 3.55. The first kappa shape index (κ1) is 19.7. The fourth-order valence-electron chi connectivity index (χ4n) is 3.70. The van der Waals surface area contributed by atoms with Gasteiger partial charge in [-0.1, -0.05) is 12.1 Å². The normalized spacial score (nSPS) is 15.1. The quantitative estimate of drug-likeness (QED) is 0.715. The Kier molecular flexibility index (Phi) is 5.29. The van der Waals surface area contributed by atoms with Crippen LogP contribution < -0.4 is 10.2 Å². The summed E-state index contributed by atoms with van der Waals surface area (Å²) < 4.78 is 5.22. The van der Waals surface area contributed by atoms with E-state index in [1.54, 1.807) is 11.1 Å². The lowest BCUT2D eigenvalue weighted by molar-refractivity contribution is -0.125. The number of morpholine rings is 1. The van der Waals surface area contributed by atoms with E-state index in [2.05, 4.69) is 26.6 Å². The van der Waals surface area contributed by atoms with Crippen LogP contribution >= 0.6 is 0 Å². The van der Waals surface area contributed by atoms with Gasteiger partial charge in [0.15, 0.2) is 5.82 Å². The Morgan fingerprint density at radius 3 is 2.87 bits per heavy atom. The van der Waals surface area contributed by atoms with Gasteiger partial charge in [0, 0.05) is 17.0 Å². The predicted molar refractivity (Wildman–Crippen MR) is 113 cm³/mol. The van der Waals surface area contributed by atoms with Gasteiger partial charge in [0.1, 0.15) is 12.4 Å². The van der Waals surface area contributed by atoms with Gasteiger partial charge in [-0.3, -0.25) is 9.69 Å². The van der Waals surface area contributed by atoms with E-state index in [0.29, 0.717) is 30.4 Å². The molecule has 0 radical (unpaired) electrons. The fourth-order valence-corrected chi connectivity index (χ4v) is 3.70.